The van der Waals surface area contributed by atoms with Gasteiger partial charge in [-0.25, -0.2) is 0 Å². The summed E-state index contributed by atoms with van der Waals surface area (Å²) in [6.45, 7) is 4.06. The normalized spacial score (nSPS) is 25.0. The molecule has 2 saturated heterocycles. The van der Waals surface area contributed by atoms with E-state index in [4.69, 9.17) is 10.5 Å². The molecule has 3 fully saturated rings. The van der Waals surface area contributed by atoms with Crippen LogP contribution in [-0.4, -0.2) is 58.4 Å². The van der Waals surface area contributed by atoms with E-state index in [1.54, 1.807) is 12.1 Å². The van der Waals surface area contributed by atoms with E-state index in [-0.39, 0.29) is 28.9 Å². The van der Waals surface area contributed by atoms with Gasteiger partial charge in [0.15, 0.2) is 5.65 Å². The number of hydrogen-bond acceptors (Lipinski definition) is 7. The topological polar surface area (TPSA) is 122 Å². The van der Waals surface area contributed by atoms with Gasteiger partial charge in [-0.15, -0.1) is 13.2 Å². The van der Waals surface area contributed by atoms with E-state index >= 15 is 0 Å². The second kappa shape index (κ2) is 7.94. The third kappa shape index (κ3) is 3.74. The monoisotopic (exact) mass is 504 g/mol. The number of fused-ring (bicyclic) bond motifs is 1. The van der Waals surface area contributed by atoms with Crippen molar-refractivity contribution in [2.24, 2.45) is 11.1 Å². The molecule has 1 spiro atoms. The van der Waals surface area contributed by atoms with E-state index in [0.717, 1.165) is 31.2 Å². The molecule has 2 aromatic heterocycles. The van der Waals surface area contributed by atoms with Gasteiger partial charge in [0.1, 0.15) is 11.1 Å². The number of nitrogens with one attached hydrogen (secondary N) is 2. The Labute approximate surface area is 204 Å². The minimum Gasteiger partial charge on any atom is -0.406 e. The molecule has 2 aliphatic heterocycles. The van der Waals surface area contributed by atoms with Crippen molar-refractivity contribution < 1.29 is 22.6 Å². The molecular weight excluding hydrogens is 477 g/mol. The number of benzene rings is 1. The van der Waals surface area contributed by atoms with Crippen LogP contribution in [0.5, 0.6) is 5.75 Å². The molecule has 1 saturated carbocycles. The summed E-state index contributed by atoms with van der Waals surface area (Å²) in [6.07, 6.45) is -1.54. The van der Waals surface area contributed by atoms with Crippen LogP contribution in [0, 0.1) is 5.41 Å². The zero-order valence-electron chi connectivity index (χ0n) is 19.7. The lowest BCUT2D eigenvalue weighted by Crippen LogP contribution is -2.51. The third-order valence-electron chi connectivity index (χ3n) is 8.19. The highest BCUT2D eigenvalue weighted by molar-refractivity contribution is 5.80. The average Bonchev–Trinajstić information content (AvgIpc) is 3.45. The van der Waals surface area contributed by atoms with Crippen molar-refractivity contribution in [3.8, 4) is 5.75 Å². The number of anilines is 1. The lowest BCUT2D eigenvalue weighted by Gasteiger charge is -2.41. The lowest BCUT2D eigenvalue weighted by atomic mass is 9.73. The highest BCUT2D eigenvalue weighted by Gasteiger charge is 2.50. The molecule has 2 atom stereocenters. The Morgan fingerprint density at radius 2 is 1.86 bits per heavy atom. The molecule has 192 valence electrons. The Hall–Kier alpha value is -3.12. The number of nitrogens with two attached hydrogens (primary N) is 1. The zero-order chi connectivity index (χ0) is 25.3. The van der Waals surface area contributed by atoms with Crippen molar-refractivity contribution in [1.29, 1.82) is 0 Å². The Morgan fingerprint density at radius 3 is 2.44 bits per heavy atom. The molecule has 1 aromatic carbocycles. The van der Waals surface area contributed by atoms with Crippen molar-refractivity contribution in [2.75, 3.05) is 24.6 Å². The summed E-state index contributed by atoms with van der Waals surface area (Å²) < 4.78 is 47.3. The molecule has 6 rings (SSSR count). The first-order valence-electron chi connectivity index (χ1n) is 12.1. The van der Waals surface area contributed by atoms with Crippen molar-refractivity contribution in [3.05, 3.63) is 45.9 Å². The van der Waals surface area contributed by atoms with Gasteiger partial charge in [-0.05, 0) is 50.3 Å². The minimum atomic E-state index is -4.75. The standard InChI is InChI=1S/C24H27F3N6O3/c1-13-17(28)22(12-35-13)8-10-33(11-9-22)21-29-19-16(20(34)30-21)18(31-32-19)23(6-7-23)14-2-4-15(5-3-14)36-24(25,26)27/h2-5,13,17H,6-12,28H2,1H3,(H2,29,30,31,32,34)/t13-,17+/m0/s1. The molecule has 1 aliphatic carbocycles. The first-order valence-corrected chi connectivity index (χ1v) is 12.1. The van der Waals surface area contributed by atoms with Gasteiger partial charge < -0.3 is 20.1 Å². The Balaban J connectivity index is 1.25. The first-order chi connectivity index (χ1) is 17.1. The molecule has 9 nitrogen and oxygen atoms in total. The van der Waals surface area contributed by atoms with Gasteiger partial charge >= 0.3 is 6.36 Å². The fraction of sp³-hybridized carbons (Fsp3) is 0.542. The maximum Gasteiger partial charge on any atom is 0.573 e. The van der Waals surface area contributed by atoms with E-state index < -0.39 is 11.8 Å². The second-order valence-electron chi connectivity index (χ2n) is 10.2. The molecule has 4 heterocycles. The zero-order valence-corrected chi connectivity index (χ0v) is 19.7. The van der Waals surface area contributed by atoms with Crippen LogP contribution in [0.25, 0.3) is 11.0 Å². The molecule has 0 bridgehead atoms. The van der Waals surface area contributed by atoms with Gasteiger partial charge in [0.2, 0.25) is 5.95 Å². The second-order valence-corrected chi connectivity index (χ2v) is 10.2. The number of hydrogen-bond donors (Lipinski definition) is 3. The van der Waals surface area contributed by atoms with Gasteiger partial charge in [0.25, 0.3) is 5.56 Å². The molecular formula is C24H27F3N6O3. The predicted octanol–water partition coefficient (Wildman–Crippen LogP) is 2.96. The maximum absolute atomic E-state index is 13.2. The molecule has 0 radical (unpaired) electrons. The molecule has 12 heteroatoms. The van der Waals surface area contributed by atoms with Gasteiger partial charge in [0.05, 0.1) is 18.4 Å². The van der Waals surface area contributed by atoms with E-state index in [0.29, 0.717) is 42.4 Å². The van der Waals surface area contributed by atoms with Gasteiger partial charge in [-0.1, -0.05) is 12.1 Å². The van der Waals surface area contributed by atoms with E-state index in [1.165, 1.54) is 12.1 Å². The van der Waals surface area contributed by atoms with Crippen LogP contribution in [0.3, 0.4) is 0 Å². The Bertz CT molecular complexity index is 1340. The van der Waals surface area contributed by atoms with Crippen molar-refractivity contribution in [3.63, 3.8) is 0 Å². The number of ether oxygens (including phenoxy) is 2. The van der Waals surface area contributed by atoms with Gasteiger partial charge in [-0.3, -0.25) is 14.9 Å². The summed E-state index contributed by atoms with van der Waals surface area (Å²) in [6, 6.07) is 5.75. The number of piperidine rings is 1. The van der Waals surface area contributed by atoms with Crippen LogP contribution in [0.15, 0.2) is 29.1 Å². The summed E-state index contributed by atoms with van der Waals surface area (Å²) in [5, 5.41) is 7.70. The summed E-state index contributed by atoms with van der Waals surface area (Å²) in [4.78, 5) is 22.8. The van der Waals surface area contributed by atoms with Crippen molar-refractivity contribution >= 4 is 17.0 Å². The highest BCUT2D eigenvalue weighted by Crippen LogP contribution is 2.54. The largest absolute Gasteiger partial charge is 0.573 e. The summed E-state index contributed by atoms with van der Waals surface area (Å²) >= 11 is 0. The molecule has 36 heavy (non-hydrogen) atoms. The van der Waals surface area contributed by atoms with Crippen LogP contribution in [0.1, 0.15) is 43.9 Å². The van der Waals surface area contributed by atoms with Crippen LogP contribution in [0.4, 0.5) is 19.1 Å². The predicted molar refractivity (Wildman–Crippen MR) is 125 cm³/mol. The number of aromatic amines is 2. The van der Waals surface area contributed by atoms with Crippen LogP contribution in [-0.2, 0) is 10.2 Å². The highest BCUT2D eigenvalue weighted by atomic mass is 19.4. The van der Waals surface area contributed by atoms with Crippen LogP contribution >= 0.6 is 0 Å². The molecule has 3 aromatic rings. The van der Waals surface area contributed by atoms with E-state index in [9.17, 15) is 18.0 Å². The number of H-pyrrole nitrogens is 2. The third-order valence-corrected chi connectivity index (χ3v) is 8.19. The Kier molecular flexibility index (Phi) is 5.14. The first kappa shape index (κ1) is 23.3. The fourth-order valence-corrected chi connectivity index (χ4v) is 5.84. The number of rotatable bonds is 4. The lowest BCUT2D eigenvalue weighted by molar-refractivity contribution is -0.274. The number of alkyl halides is 3. The Morgan fingerprint density at radius 1 is 1.17 bits per heavy atom. The average molecular weight is 505 g/mol. The number of halogens is 3. The minimum absolute atomic E-state index is 0.00754. The molecule has 3 aliphatic rings. The summed E-state index contributed by atoms with van der Waals surface area (Å²) in [5.74, 6) is 0.183. The quantitative estimate of drug-likeness (QED) is 0.499. The smallest absolute Gasteiger partial charge is 0.406 e. The SMILES string of the molecule is C[C@@H]1OCC2(CCN(c3nc4n[nH]c(C5(c6ccc(OC(F)(F)F)cc6)CC5)c4c(=O)[nH]3)CC2)[C@@H]1N. The fourth-order valence-electron chi connectivity index (χ4n) is 5.84. The maximum atomic E-state index is 13.2. The molecule has 0 unspecified atom stereocenters. The number of aromatic nitrogens is 4. The van der Waals surface area contributed by atoms with Gasteiger partial charge in [0, 0.05) is 30.0 Å². The molecule has 0 amide bonds. The summed E-state index contributed by atoms with van der Waals surface area (Å²) in [5.41, 5.74) is 7.30. The van der Waals surface area contributed by atoms with E-state index in [1.807, 2.05) is 11.8 Å². The van der Waals surface area contributed by atoms with Crippen LogP contribution in [0.2, 0.25) is 0 Å². The summed E-state index contributed by atoms with van der Waals surface area (Å²) in [7, 11) is 0. The van der Waals surface area contributed by atoms with Crippen molar-refractivity contribution in [1.82, 2.24) is 20.2 Å². The van der Waals surface area contributed by atoms with Crippen molar-refractivity contribution in [2.45, 2.75) is 56.5 Å². The molecule has 4 N–H and O–H groups in total. The number of nitrogens with zero attached hydrogens (tertiary/aromatic N) is 3. The van der Waals surface area contributed by atoms with E-state index in [2.05, 4.69) is 24.9 Å². The van der Waals surface area contributed by atoms with Crippen LogP contribution < -0.4 is 20.9 Å². The van der Waals surface area contributed by atoms with Gasteiger partial charge in [-0.2, -0.15) is 10.1 Å².